The maximum Gasteiger partial charge on any atom is 0.287 e. The molecule has 0 fully saturated rings. The molecule has 8 heteroatoms. The number of rotatable bonds is 4. The molecule has 0 amide bonds. The van der Waals surface area contributed by atoms with Gasteiger partial charge in [0, 0.05) is 31.0 Å². The number of halogens is 3. The van der Waals surface area contributed by atoms with Crippen molar-refractivity contribution in [3.63, 3.8) is 0 Å². The number of pyridine rings is 2. The predicted octanol–water partition coefficient (Wildman–Crippen LogP) is 3.32. The molecule has 0 aliphatic heterocycles. The largest absolute Gasteiger partial charge is 0.303 e. The van der Waals surface area contributed by atoms with Gasteiger partial charge in [0.1, 0.15) is 17.1 Å². The minimum atomic E-state index is -3.07. The normalized spacial score (nSPS) is 11.8. The minimum Gasteiger partial charge on any atom is -0.303 e. The van der Waals surface area contributed by atoms with E-state index < -0.39 is 5.92 Å². The van der Waals surface area contributed by atoms with E-state index in [1.54, 1.807) is 12.1 Å². The number of alkyl halides is 2. The van der Waals surface area contributed by atoms with Gasteiger partial charge in [-0.3, -0.25) is 0 Å². The molecule has 5 nitrogen and oxygen atoms in total. The summed E-state index contributed by atoms with van der Waals surface area (Å²) in [5, 5.41) is 5.15. The van der Waals surface area contributed by atoms with Crippen LogP contribution in [0, 0.1) is 0 Å². The SMILES string of the molecule is CC(F)(F)c1cccc(-n2nc(CC=O)c3cnc(Cl)cc32)n1. The van der Waals surface area contributed by atoms with Gasteiger partial charge in [-0.2, -0.15) is 13.9 Å². The van der Waals surface area contributed by atoms with Gasteiger partial charge in [-0.05, 0) is 12.1 Å². The molecule has 3 heterocycles. The quantitative estimate of drug-likeness (QED) is 0.541. The third-order valence-corrected chi connectivity index (χ3v) is 3.49. The average molecular weight is 337 g/mol. The number of hydrogen-bond acceptors (Lipinski definition) is 4. The van der Waals surface area contributed by atoms with E-state index in [0.29, 0.717) is 22.9 Å². The molecule has 0 saturated carbocycles. The summed E-state index contributed by atoms with van der Waals surface area (Å²) in [5.41, 5.74) is 0.663. The lowest BCUT2D eigenvalue weighted by Crippen LogP contribution is -2.12. The van der Waals surface area contributed by atoms with E-state index in [4.69, 9.17) is 11.6 Å². The summed E-state index contributed by atoms with van der Waals surface area (Å²) in [6, 6.07) is 5.83. The van der Waals surface area contributed by atoms with E-state index in [9.17, 15) is 13.6 Å². The Labute approximate surface area is 134 Å². The maximum absolute atomic E-state index is 13.5. The summed E-state index contributed by atoms with van der Waals surface area (Å²) in [6.45, 7) is 0.777. The first-order chi connectivity index (χ1) is 10.9. The summed E-state index contributed by atoms with van der Waals surface area (Å²) < 4.78 is 28.4. The van der Waals surface area contributed by atoms with Crippen LogP contribution in [-0.4, -0.2) is 26.0 Å². The van der Waals surface area contributed by atoms with Crippen molar-refractivity contribution < 1.29 is 13.6 Å². The zero-order chi connectivity index (χ0) is 16.6. The summed E-state index contributed by atoms with van der Waals surface area (Å²) in [6.07, 6.45) is 2.29. The van der Waals surface area contributed by atoms with Crippen LogP contribution in [-0.2, 0) is 17.1 Å². The van der Waals surface area contributed by atoms with Crippen LogP contribution < -0.4 is 0 Å². The Kier molecular flexibility index (Phi) is 3.81. The lowest BCUT2D eigenvalue weighted by Gasteiger charge is -2.11. The molecule has 3 rings (SSSR count). The van der Waals surface area contributed by atoms with Gasteiger partial charge in [-0.1, -0.05) is 17.7 Å². The van der Waals surface area contributed by atoms with Crippen LogP contribution in [0.3, 0.4) is 0 Å². The molecule has 0 atom stereocenters. The molecular formula is C15H11ClF2N4O. The van der Waals surface area contributed by atoms with E-state index >= 15 is 0 Å². The molecule has 0 aliphatic carbocycles. The molecular weight excluding hydrogens is 326 g/mol. The van der Waals surface area contributed by atoms with Crippen LogP contribution in [0.15, 0.2) is 30.5 Å². The predicted molar refractivity (Wildman–Crippen MR) is 81.0 cm³/mol. The molecule has 0 spiro atoms. The smallest absolute Gasteiger partial charge is 0.287 e. The number of nitrogens with zero attached hydrogens (tertiary/aromatic N) is 4. The molecule has 0 aliphatic rings. The Morgan fingerprint density at radius 2 is 2.17 bits per heavy atom. The Hall–Kier alpha value is -2.41. The lowest BCUT2D eigenvalue weighted by atomic mass is 10.2. The van der Waals surface area contributed by atoms with E-state index in [1.807, 2.05) is 0 Å². The van der Waals surface area contributed by atoms with Crippen LogP contribution in [0.5, 0.6) is 0 Å². The third kappa shape index (κ3) is 2.92. The monoisotopic (exact) mass is 336 g/mol. The van der Waals surface area contributed by atoms with Crippen LogP contribution in [0.25, 0.3) is 16.7 Å². The highest BCUT2D eigenvalue weighted by Crippen LogP contribution is 2.27. The van der Waals surface area contributed by atoms with Gasteiger partial charge in [-0.15, -0.1) is 0 Å². The zero-order valence-corrected chi connectivity index (χ0v) is 12.8. The van der Waals surface area contributed by atoms with Gasteiger partial charge in [-0.25, -0.2) is 14.6 Å². The van der Waals surface area contributed by atoms with Crippen molar-refractivity contribution in [1.29, 1.82) is 0 Å². The molecule has 3 aromatic heterocycles. The van der Waals surface area contributed by atoms with Gasteiger partial charge in [0.15, 0.2) is 5.82 Å². The Morgan fingerprint density at radius 1 is 1.39 bits per heavy atom. The van der Waals surface area contributed by atoms with E-state index in [1.165, 1.54) is 23.0 Å². The third-order valence-electron chi connectivity index (χ3n) is 3.29. The molecule has 118 valence electrons. The number of carbonyl (C=O) groups excluding carboxylic acids is 1. The highest BCUT2D eigenvalue weighted by atomic mass is 35.5. The molecule has 0 radical (unpaired) electrons. The molecule has 0 N–H and O–H groups in total. The first kappa shape index (κ1) is 15.5. The number of hydrogen-bond donors (Lipinski definition) is 0. The van der Waals surface area contributed by atoms with Crippen molar-refractivity contribution >= 4 is 28.8 Å². The molecule has 23 heavy (non-hydrogen) atoms. The Bertz CT molecular complexity index is 889. The van der Waals surface area contributed by atoms with Crippen LogP contribution in [0.1, 0.15) is 18.3 Å². The summed E-state index contributed by atoms with van der Waals surface area (Å²) in [5.74, 6) is -2.85. The fraction of sp³-hybridized carbons (Fsp3) is 0.200. The van der Waals surface area contributed by atoms with Gasteiger partial charge in [0.05, 0.1) is 11.2 Å². The first-order valence-corrected chi connectivity index (χ1v) is 7.10. The number of aromatic nitrogens is 4. The Balaban J connectivity index is 2.23. The van der Waals surface area contributed by atoms with Crippen molar-refractivity contribution in [2.75, 3.05) is 0 Å². The van der Waals surface area contributed by atoms with Crippen LogP contribution in [0.4, 0.5) is 8.78 Å². The van der Waals surface area contributed by atoms with Crippen LogP contribution >= 0.6 is 11.6 Å². The second-order valence-corrected chi connectivity index (χ2v) is 5.41. The standard InChI is InChI=1S/C15H11ClF2N4O/c1-15(17,18)12-3-2-4-14(20-12)22-11-7-13(16)19-8-9(11)10(21-22)5-6-23/h2-4,6-8H,5H2,1H3. The van der Waals surface area contributed by atoms with E-state index in [-0.39, 0.29) is 23.1 Å². The van der Waals surface area contributed by atoms with E-state index in [2.05, 4.69) is 15.1 Å². The summed E-state index contributed by atoms with van der Waals surface area (Å²) in [4.78, 5) is 18.7. The van der Waals surface area contributed by atoms with Crippen molar-refractivity contribution in [3.05, 3.63) is 47.0 Å². The second-order valence-electron chi connectivity index (χ2n) is 5.02. The van der Waals surface area contributed by atoms with Crippen molar-refractivity contribution in [3.8, 4) is 5.82 Å². The topological polar surface area (TPSA) is 60.7 Å². The molecule has 0 unspecified atom stereocenters. The molecule has 0 aromatic carbocycles. The summed E-state index contributed by atoms with van der Waals surface area (Å²) in [7, 11) is 0. The number of fused-ring (bicyclic) bond motifs is 1. The van der Waals surface area contributed by atoms with Gasteiger partial charge in [0.2, 0.25) is 0 Å². The number of aldehydes is 1. The average Bonchev–Trinajstić information content (AvgIpc) is 2.85. The maximum atomic E-state index is 13.5. The van der Waals surface area contributed by atoms with Crippen molar-refractivity contribution in [2.45, 2.75) is 19.3 Å². The van der Waals surface area contributed by atoms with Crippen LogP contribution in [0.2, 0.25) is 5.15 Å². The second kappa shape index (κ2) is 5.66. The molecule has 0 bridgehead atoms. The fourth-order valence-corrected chi connectivity index (χ4v) is 2.39. The van der Waals surface area contributed by atoms with Gasteiger partial charge < -0.3 is 4.79 Å². The lowest BCUT2D eigenvalue weighted by molar-refractivity contribution is -0.107. The summed E-state index contributed by atoms with van der Waals surface area (Å²) >= 11 is 5.91. The zero-order valence-electron chi connectivity index (χ0n) is 12.0. The van der Waals surface area contributed by atoms with Crippen molar-refractivity contribution in [1.82, 2.24) is 19.7 Å². The van der Waals surface area contributed by atoms with E-state index in [0.717, 1.165) is 6.92 Å². The van der Waals surface area contributed by atoms with Gasteiger partial charge >= 0.3 is 0 Å². The number of carbonyl (C=O) groups is 1. The van der Waals surface area contributed by atoms with Crippen molar-refractivity contribution in [2.24, 2.45) is 0 Å². The minimum absolute atomic E-state index is 0.0798. The first-order valence-electron chi connectivity index (χ1n) is 6.72. The molecule has 0 saturated heterocycles. The van der Waals surface area contributed by atoms with Gasteiger partial charge in [0.25, 0.3) is 5.92 Å². The molecule has 3 aromatic rings. The fourth-order valence-electron chi connectivity index (χ4n) is 2.24. The Morgan fingerprint density at radius 3 is 2.87 bits per heavy atom. The highest BCUT2D eigenvalue weighted by Gasteiger charge is 2.26. The highest BCUT2D eigenvalue weighted by molar-refractivity contribution is 6.30.